The Hall–Kier alpha value is -4.31. The highest BCUT2D eigenvalue weighted by Crippen LogP contribution is 2.33. The summed E-state index contributed by atoms with van der Waals surface area (Å²) in [4.78, 5) is 28.9. The van der Waals surface area contributed by atoms with E-state index in [1.54, 1.807) is 24.3 Å². The van der Waals surface area contributed by atoms with E-state index in [0.717, 1.165) is 23.1 Å². The summed E-state index contributed by atoms with van der Waals surface area (Å²) in [6.07, 6.45) is 1.53. The van der Waals surface area contributed by atoms with Crippen molar-refractivity contribution in [2.24, 2.45) is 10.7 Å². The van der Waals surface area contributed by atoms with Crippen LogP contribution in [0.5, 0.6) is 0 Å². The number of amides is 1. The molecular formula is C25H25ClN6O4. The van der Waals surface area contributed by atoms with Crippen LogP contribution < -0.4 is 22.3 Å². The Morgan fingerprint density at radius 1 is 1.14 bits per heavy atom. The van der Waals surface area contributed by atoms with Gasteiger partial charge in [-0.1, -0.05) is 35.9 Å². The number of hydrogen-bond acceptors (Lipinski definition) is 6. The first-order valence-electron chi connectivity index (χ1n) is 11.1. The lowest BCUT2D eigenvalue weighted by Crippen LogP contribution is -2.30. The van der Waals surface area contributed by atoms with E-state index in [2.05, 4.69) is 10.3 Å². The summed E-state index contributed by atoms with van der Waals surface area (Å²) in [5.74, 6) is -1.63. The maximum Gasteiger partial charge on any atom is 0.335 e. The van der Waals surface area contributed by atoms with E-state index < -0.39 is 11.9 Å². The number of rotatable bonds is 8. The molecule has 1 fully saturated rings. The number of nitrogens with two attached hydrogens (primary N) is 2. The van der Waals surface area contributed by atoms with Gasteiger partial charge in [0.15, 0.2) is 5.49 Å². The van der Waals surface area contributed by atoms with Crippen LogP contribution in [0.1, 0.15) is 40.0 Å². The van der Waals surface area contributed by atoms with Gasteiger partial charge < -0.3 is 27.1 Å². The molecule has 0 saturated heterocycles. The quantitative estimate of drug-likeness (QED) is 0.118. The number of amidine groups is 1. The van der Waals surface area contributed by atoms with Crippen molar-refractivity contribution < 1.29 is 19.9 Å². The molecule has 0 radical (unpaired) electrons. The molecule has 1 amide bonds. The van der Waals surface area contributed by atoms with Gasteiger partial charge in [0.2, 0.25) is 5.91 Å². The number of aromatic nitrogens is 1. The third kappa shape index (κ3) is 5.66. The molecule has 10 nitrogen and oxygen atoms in total. The molecule has 4 rings (SSSR count). The van der Waals surface area contributed by atoms with Crippen molar-refractivity contribution in [1.29, 1.82) is 5.41 Å². The molecule has 1 aromatic heterocycles. The molecule has 1 aliphatic carbocycles. The van der Waals surface area contributed by atoms with E-state index in [4.69, 9.17) is 28.5 Å². The van der Waals surface area contributed by atoms with Crippen molar-refractivity contribution in [2.75, 3.05) is 5.73 Å². The van der Waals surface area contributed by atoms with Crippen molar-refractivity contribution in [2.45, 2.75) is 31.8 Å². The number of benzene rings is 2. The van der Waals surface area contributed by atoms with Crippen molar-refractivity contribution in [3.63, 3.8) is 0 Å². The number of pyridine rings is 1. The van der Waals surface area contributed by atoms with E-state index in [1.807, 2.05) is 0 Å². The molecule has 1 aliphatic rings. The first-order valence-corrected chi connectivity index (χ1v) is 11.5. The number of carboxylic acid groups (broad SMARTS) is 1. The molecule has 11 heteroatoms. The van der Waals surface area contributed by atoms with E-state index in [1.165, 1.54) is 24.3 Å². The second-order valence-corrected chi connectivity index (χ2v) is 8.96. The lowest BCUT2D eigenvalue weighted by atomic mass is 9.98. The summed E-state index contributed by atoms with van der Waals surface area (Å²) in [7, 11) is 0. The molecule has 2 aromatic carbocycles. The summed E-state index contributed by atoms with van der Waals surface area (Å²) >= 11 is 6.59. The van der Waals surface area contributed by atoms with Gasteiger partial charge in [0.1, 0.15) is 5.84 Å². The van der Waals surface area contributed by atoms with Gasteiger partial charge in [0, 0.05) is 29.4 Å². The molecule has 0 atom stereocenters. The smallest absolute Gasteiger partial charge is 0.335 e. The third-order valence-corrected chi connectivity index (χ3v) is 5.99. The van der Waals surface area contributed by atoms with E-state index in [9.17, 15) is 19.9 Å². The van der Waals surface area contributed by atoms with Gasteiger partial charge in [-0.15, -0.1) is 0 Å². The number of nitrogens with one attached hydrogen (secondary N) is 2. The summed E-state index contributed by atoms with van der Waals surface area (Å²) < 4.78 is 0.824. The topological polar surface area (TPSA) is 180 Å². The van der Waals surface area contributed by atoms with E-state index >= 15 is 0 Å². The predicted molar refractivity (Wildman–Crippen MR) is 135 cm³/mol. The highest BCUT2D eigenvalue weighted by molar-refractivity contribution is 6.33. The Kier molecular flexibility index (Phi) is 6.98. The van der Waals surface area contributed by atoms with Gasteiger partial charge in [-0.05, 0) is 42.2 Å². The maximum absolute atomic E-state index is 12.9. The number of carbonyl (C=O) groups is 2. The van der Waals surface area contributed by atoms with Gasteiger partial charge in [0.25, 0.3) is 0 Å². The van der Waals surface area contributed by atoms with Gasteiger partial charge >= 0.3 is 5.97 Å². The van der Waals surface area contributed by atoms with Crippen molar-refractivity contribution in [3.05, 3.63) is 81.4 Å². The van der Waals surface area contributed by atoms with Crippen LogP contribution in [-0.4, -0.2) is 38.8 Å². The minimum atomic E-state index is -1.17. The second kappa shape index (κ2) is 10.1. The molecule has 36 heavy (non-hydrogen) atoms. The van der Waals surface area contributed by atoms with Gasteiger partial charge in [-0.3, -0.25) is 15.2 Å². The average Bonchev–Trinajstić information content (AvgIpc) is 3.64. The largest absolute Gasteiger partial charge is 0.478 e. The van der Waals surface area contributed by atoms with Crippen LogP contribution in [0.2, 0.25) is 5.02 Å². The SMILES string of the molecule is N=C(N)c1ccc(CNC(=O)Cc2c(-c3cc(N)cc(C(=O)O)c3)c(Cl)cc(=NC3CC3)n2O)cc1. The monoisotopic (exact) mass is 508 g/mol. The molecule has 1 heterocycles. The van der Waals surface area contributed by atoms with E-state index in [0.29, 0.717) is 11.1 Å². The highest BCUT2D eigenvalue weighted by atomic mass is 35.5. The van der Waals surface area contributed by atoms with Crippen LogP contribution in [0.25, 0.3) is 11.1 Å². The Labute approximate surface area is 211 Å². The lowest BCUT2D eigenvalue weighted by molar-refractivity contribution is -0.120. The summed E-state index contributed by atoms with van der Waals surface area (Å²) in [5, 5.41) is 30.9. The van der Waals surface area contributed by atoms with Crippen molar-refractivity contribution >= 4 is 35.0 Å². The van der Waals surface area contributed by atoms with E-state index in [-0.39, 0.29) is 57.9 Å². The predicted octanol–water partition coefficient (Wildman–Crippen LogP) is 2.53. The average molecular weight is 509 g/mol. The van der Waals surface area contributed by atoms with Crippen LogP contribution in [0, 0.1) is 5.41 Å². The van der Waals surface area contributed by atoms with Crippen LogP contribution in [0.15, 0.2) is 53.5 Å². The van der Waals surface area contributed by atoms with Crippen molar-refractivity contribution in [3.8, 4) is 11.1 Å². The Morgan fingerprint density at radius 3 is 2.44 bits per heavy atom. The number of halogens is 1. The molecule has 0 spiro atoms. The lowest BCUT2D eigenvalue weighted by Gasteiger charge is -2.17. The summed E-state index contributed by atoms with van der Waals surface area (Å²) in [6, 6.07) is 12.7. The fourth-order valence-corrected chi connectivity index (χ4v) is 4.03. The van der Waals surface area contributed by atoms with Gasteiger partial charge in [-0.2, -0.15) is 4.73 Å². The molecule has 1 saturated carbocycles. The molecular weight excluding hydrogens is 484 g/mol. The van der Waals surface area contributed by atoms with Gasteiger partial charge in [-0.25, -0.2) is 4.79 Å². The molecule has 3 aromatic rings. The maximum atomic E-state index is 12.9. The molecule has 0 unspecified atom stereocenters. The Morgan fingerprint density at radius 2 is 1.83 bits per heavy atom. The minimum absolute atomic E-state index is 0.0495. The number of anilines is 1. The Balaban J connectivity index is 1.68. The fraction of sp³-hybridized carbons (Fsp3) is 0.200. The normalized spacial score (nSPS) is 13.4. The zero-order valence-electron chi connectivity index (χ0n) is 19.2. The number of nitrogen functional groups attached to an aromatic ring is 2. The molecule has 0 bridgehead atoms. The first-order chi connectivity index (χ1) is 17.1. The number of carboxylic acids is 1. The number of nitrogens with zero attached hydrogens (tertiary/aromatic N) is 2. The fourth-order valence-electron chi connectivity index (χ4n) is 3.72. The van der Waals surface area contributed by atoms with Crippen LogP contribution >= 0.6 is 11.6 Å². The van der Waals surface area contributed by atoms with Crippen LogP contribution in [-0.2, 0) is 17.8 Å². The molecule has 8 N–H and O–H groups in total. The van der Waals surface area contributed by atoms with Crippen LogP contribution in [0.3, 0.4) is 0 Å². The summed E-state index contributed by atoms with van der Waals surface area (Å²) in [6.45, 7) is 0.207. The standard InChI is InChI=1S/C25H25ClN6O4/c26-19-10-21(31-18-5-6-18)32(36)20(23(19)15-7-16(25(34)35)9-17(27)8-15)11-22(33)30-12-13-1-3-14(4-2-13)24(28)29/h1-4,7-10,18,36H,5-6,11-12,27H2,(H3,28,29)(H,30,33)(H,34,35). The number of carbonyl (C=O) groups excluding carboxylic acids is 1. The van der Waals surface area contributed by atoms with Crippen LogP contribution in [0.4, 0.5) is 5.69 Å². The first kappa shape index (κ1) is 24.8. The zero-order valence-corrected chi connectivity index (χ0v) is 19.9. The highest BCUT2D eigenvalue weighted by Gasteiger charge is 2.23. The number of aromatic carboxylic acids is 1. The number of hydrogen-bond donors (Lipinski definition) is 6. The zero-order chi connectivity index (χ0) is 26.0. The summed E-state index contributed by atoms with van der Waals surface area (Å²) in [5.41, 5.74) is 13.9. The molecule has 0 aliphatic heterocycles. The third-order valence-electron chi connectivity index (χ3n) is 5.69. The van der Waals surface area contributed by atoms with Gasteiger partial charge in [0.05, 0.1) is 28.7 Å². The molecule has 186 valence electrons. The van der Waals surface area contributed by atoms with Crippen molar-refractivity contribution in [1.82, 2.24) is 10.0 Å². The second-order valence-electron chi connectivity index (χ2n) is 8.56. The Bertz CT molecular complexity index is 1430. The minimum Gasteiger partial charge on any atom is -0.478 e.